The van der Waals surface area contributed by atoms with Crippen molar-refractivity contribution in [2.24, 2.45) is 5.10 Å². The molecule has 0 unspecified atom stereocenters. The Hall–Kier alpha value is -4.49. The summed E-state index contributed by atoms with van der Waals surface area (Å²) >= 11 is 1.54. The van der Waals surface area contributed by atoms with Gasteiger partial charge in [0, 0.05) is 44.8 Å². The summed E-state index contributed by atoms with van der Waals surface area (Å²) in [6, 6.07) is 27.7. The van der Waals surface area contributed by atoms with Crippen molar-refractivity contribution in [1.82, 2.24) is 15.0 Å². The number of aromatic nitrogens is 2. The largest absolute Gasteiger partial charge is 0.332 e. The average molecular weight is 506 g/mol. The van der Waals surface area contributed by atoms with E-state index in [2.05, 4.69) is 64.4 Å². The molecule has 5 rings (SSSR count). The predicted molar refractivity (Wildman–Crippen MR) is 152 cm³/mol. The number of anilines is 2. The van der Waals surface area contributed by atoms with Crippen molar-refractivity contribution < 1.29 is 4.79 Å². The number of carbonyl (C=O) groups excluding carboxylic acids is 1. The zero-order valence-corrected chi connectivity index (χ0v) is 21.7. The van der Waals surface area contributed by atoms with Crippen molar-refractivity contribution in [3.8, 4) is 16.9 Å². The normalized spacial score (nSPS) is 11.1. The lowest BCUT2D eigenvalue weighted by atomic mass is 10.2. The molecule has 0 saturated heterocycles. The summed E-state index contributed by atoms with van der Waals surface area (Å²) in [6.45, 7) is 6.22. The number of amides is 1. The third kappa shape index (κ3) is 5.37. The fraction of sp³-hybridized carbons (Fsp3) is 0.100. The summed E-state index contributed by atoms with van der Waals surface area (Å²) in [5, 5.41) is 10.3. The van der Waals surface area contributed by atoms with Crippen molar-refractivity contribution in [2.45, 2.75) is 20.8 Å². The Bertz CT molecular complexity index is 1570. The van der Waals surface area contributed by atoms with Gasteiger partial charge in [-0.25, -0.2) is 10.4 Å². The van der Waals surface area contributed by atoms with E-state index in [1.54, 1.807) is 18.3 Å². The van der Waals surface area contributed by atoms with Crippen LogP contribution in [0.1, 0.15) is 32.9 Å². The second-order valence-corrected chi connectivity index (χ2v) is 9.61. The molecule has 2 heterocycles. The monoisotopic (exact) mass is 505 g/mol. The van der Waals surface area contributed by atoms with Gasteiger partial charge in [-0.1, -0.05) is 48.5 Å². The van der Waals surface area contributed by atoms with Crippen LogP contribution in [-0.4, -0.2) is 21.7 Å². The number of nitrogens with one attached hydrogen (secondary N) is 2. The average Bonchev–Trinajstić information content (AvgIpc) is 3.49. The Morgan fingerprint density at radius 2 is 1.68 bits per heavy atom. The van der Waals surface area contributed by atoms with Crippen LogP contribution in [0.2, 0.25) is 0 Å². The van der Waals surface area contributed by atoms with Crippen molar-refractivity contribution in [1.29, 1.82) is 0 Å². The maximum Gasteiger partial charge on any atom is 0.271 e. The Morgan fingerprint density at radius 3 is 2.43 bits per heavy atom. The van der Waals surface area contributed by atoms with Crippen LogP contribution in [0.3, 0.4) is 0 Å². The van der Waals surface area contributed by atoms with E-state index in [4.69, 9.17) is 0 Å². The third-order valence-electron chi connectivity index (χ3n) is 6.17. The molecule has 184 valence electrons. The van der Waals surface area contributed by atoms with Crippen LogP contribution in [0.4, 0.5) is 10.8 Å². The first-order chi connectivity index (χ1) is 18.0. The second kappa shape index (κ2) is 10.6. The van der Waals surface area contributed by atoms with Gasteiger partial charge in [0.15, 0.2) is 5.13 Å². The number of thiazole rings is 1. The maximum atomic E-state index is 12.6. The minimum Gasteiger partial charge on any atom is -0.332 e. The molecule has 0 aliphatic rings. The van der Waals surface area contributed by atoms with Crippen LogP contribution in [0.25, 0.3) is 16.9 Å². The summed E-state index contributed by atoms with van der Waals surface area (Å²) < 4.78 is 2.20. The SMILES string of the molecule is Cc1ccccc1-n1c(C)cc(/C=N\NC(=O)c2ccc(Nc3nc(-c4ccccc4)cs3)cc2)c1C. The number of hydrogen-bond donors (Lipinski definition) is 2. The first kappa shape index (κ1) is 24.2. The van der Waals surface area contributed by atoms with Crippen LogP contribution in [0, 0.1) is 20.8 Å². The van der Waals surface area contributed by atoms with Gasteiger partial charge < -0.3 is 9.88 Å². The minimum absolute atomic E-state index is 0.267. The van der Waals surface area contributed by atoms with Crippen LogP contribution in [0.15, 0.2) is 95.4 Å². The zero-order valence-electron chi connectivity index (χ0n) is 20.9. The lowest BCUT2D eigenvalue weighted by molar-refractivity contribution is 0.0955. The fourth-order valence-electron chi connectivity index (χ4n) is 4.23. The molecule has 2 N–H and O–H groups in total. The summed E-state index contributed by atoms with van der Waals surface area (Å²) in [6.07, 6.45) is 1.69. The zero-order chi connectivity index (χ0) is 25.8. The molecule has 1 amide bonds. The van der Waals surface area contributed by atoms with Gasteiger partial charge in [0.05, 0.1) is 11.9 Å². The number of rotatable bonds is 7. The number of aryl methyl sites for hydroxylation is 2. The van der Waals surface area contributed by atoms with E-state index in [1.807, 2.05) is 60.0 Å². The highest BCUT2D eigenvalue weighted by atomic mass is 32.1. The van der Waals surface area contributed by atoms with Crippen LogP contribution in [0.5, 0.6) is 0 Å². The molecule has 0 aliphatic heterocycles. The number of nitrogens with zero attached hydrogens (tertiary/aromatic N) is 3. The van der Waals surface area contributed by atoms with E-state index in [0.29, 0.717) is 5.56 Å². The first-order valence-corrected chi connectivity index (χ1v) is 12.8. The summed E-state index contributed by atoms with van der Waals surface area (Å²) in [5.74, 6) is -0.267. The lowest BCUT2D eigenvalue weighted by Gasteiger charge is -2.12. The van der Waals surface area contributed by atoms with Crippen LogP contribution in [-0.2, 0) is 0 Å². The molecular formula is C30H27N5OS. The fourth-order valence-corrected chi connectivity index (χ4v) is 4.97. The summed E-state index contributed by atoms with van der Waals surface area (Å²) in [5.41, 5.74) is 11.5. The Kier molecular flexibility index (Phi) is 6.96. The number of benzene rings is 3. The summed E-state index contributed by atoms with van der Waals surface area (Å²) in [4.78, 5) is 17.3. The van der Waals surface area contributed by atoms with E-state index < -0.39 is 0 Å². The number of hydrogen-bond acceptors (Lipinski definition) is 5. The van der Waals surface area contributed by atoms with E-state index in [9.17, 15) is 4.79 Å². The van der Waals surface area contributed by atoms with Gasteiger partial charge in [0.2, 0.25) is 0 Å². The Balaban J connectivity index is 1.22. The van der Waals surface area contributed by atoms with Crippen molar-refractivity contribution in [3.63, 3.8) is 0 Å². The molecule has 37 heavy (non-hydrogen) atoms. The van der Waals surface area contributed by atoms with Crippen molar-refractivity contribution in [3.05, 3.63) is 118 Å². The second-order valence-electron chi connectivity index (χ2n) is 8.75. The molecule has 7 heteroatoms. The van der Waals surface area contributed by atoms with Gasteiger partial charge in [-0.05, 0) is 62.7 Å². The summed E-state index contributed by atoms with van der Waals surface area (Å²) in [7, 11) is 0. The molecule has 3 aromatic carbocycles. The molecule has 0 radical (unpaired) electrons. The predicted octanol–water partition coefficient (Wildman–Crippen LogP) is 7.03. The van der Waals surface area contributed by atoms with E-state index in [1.165, 1.54) is 16.9 Å². The van der Waals surface area contributed by atoms with Crippen molar-refractivity contribution >= 4 is 34.3 Å². The standard InChI is InChI=1S/C30H27N5OS/c1-20-9-7-8-12-28(20)35-21(2)17-25(22(35)3)18-31-34-29(36)24-13-15-26(16-14-24)32-30-33-27(19-37-30)23-10-5-4-6-11-23/h4-19H,1-3H3,(H,32,33)(H,34,36)/b31-18-. The molecular weight excluding hydrogens is 478 g/mol. The van der Waals surface area contributed by atoms with Gasteiger partial charge >= 0.3 is 0 Å². The highest BCUT2D eigenvalue weighted by molar-refractivity contribution is 7.14. The molecule has 5 aromatic rings. The maximum absolute atomic E-state index is 12.6. The molecule has 0 atom stereocenters. The molecule has 6 nitrogen and oxygen atoms in total. The highest BCUT2D eigenvalue weighted by Crippen LogP contribution is 2.27. The van der Waals surface area contributed by atoms with Crippen LogP contribution >= 0.6 is 11.3 Å². The smallest absolute Gasteiger partial charge is 0.271 e. The third-order valence-corrected chi connectivity index (χ3v) is 6.93. The van der Waals surface area contributed by atoms with Gasteiger partial charge in [-0.15, -0.1) is 11.3 Å². The molecule has 0 spiro atoms. The Morgan fingerprint density at radius 1 is 0.946 bits per heavy atom. The lowest BCUT2D eigenvalue weighted by Crippen LogP contribution is -2.17. The van der Waals surface area contributed by atoms with Gasteiger partial charge in [-0.3, -0.25) is 4.79 Å². The number of para-hydroxylation sites is 1. The topological polar surface area (TPSA) is 71.3 Å². The van der Waals surface area contributed by atoms with E-state index in [0.717, 1.165) is 44.7 Å². The number of hydrazone groups is 1. The van der Waals surface area contributed by atoms with Gasteiger partial charge in [0.1, 0.15) is 0 Å². The van der Waals surface area contributed by atoms with Crippen molar-refractivity contribution in [2.75, 3.05) is 5.32 Å². The molecule has 0 aliphatic carbocycles. The van der Waals surface area contributed by atoms with E-state index in [-0.39, 0.29) is 5.91 Å². The minimum atomic E-state index is -0.267. The molecule has 0 bridgehead atoms. The van der Waals surface area contributed by atoms with E-state index >= 15 is 0 Å². The highest BCUT2D eigenvalue weighted by Gasteiger charge is 2.11. The number of carbonyl (C=O) groups is 1. The van der Waals surface area contributed by atoms with Crippen LogP contribution < -0.4 is 10.7 Å². The Labute approximate surface area is 220 Å². The molecule has 2 aromatic heterocycles. The van der Waals surface area contributed by atoms with Gasteiger partial charge in [-0.2, -0.15) is 5.10 Å². The first-order valence-electron chi connectivity index (χ1n) is 12.0. The molecule has 0 fully saturated rings. The molecule has 0 saturated carbocycles. The quantitative estimate of drug-likeness (QED) is 0.184. The van der Waals surface area contributed by atoms with Gasteiger partial charge in [0.25, 0.3) is 5.91 Å².